The molecule has 0 radical (unpaired) electrons. The lowest BCUT2D eigenvalue weighted by atomic mass is 10.1. The predicted octanol–water partition coefficient (Wildman–Crippen LogP) is 4.60. The van der Waals surface area contributed by atoms with E-state index >= 15 is 0 Å². The molecule has 1 N–H and O–H groups in total. The topological polar surface area (TPSA) is 49.8 Å². The summed E-state index contributed by atoms with van der Waals surface area (Å²) in [4.78, 5) is 13.5. The number of rotatable bonds is 7. The first-order valence-electron chi connectivity index (χ1n) is 8.41. The standard InChI is InChI=1S/C22H21NO3/c1-26-21-13-6-5-10-19(21)16-23(15-17-8-3-2-4-9-17)20-12-7-11-18(14-20)22(24)25/h2-14H,15-16H2,1H3,(H,24,25). The van der Waals surface area contributed by atoms with Gasteiger partial charge in [0.15, 0.2) is 0 Å². The zero-order chi connectivity index (χ0) is 18.4. The Morgan fingerprint density at radius 2 is 1.65 bits per heavy atom. The van der Waals surface area contributed by atoms with Crippen LogP contribution in [0.5, 0.6) is 5.75 Å². The number of carboxylic acid groups (broad SMARTS) is 1. The number of hydrogen-bond donors (Lipinski definition) is 1. The second-order valence-corrected chi connectivity index (χ2v) is 6.01. The number of nitrogens with zero attached hydrogens (tertiary/aromatic N) is 1. The highest BCUT2D eigenvalue weighted by Crippen LogP contribution is 2.25. The average Bonchev–Trinajstić information content (AvgIpc) is 2.69. The van der Waals surface area contributed by atoms with Gasteiger partial charge in [0.2, 0.25) is 0 Å². The first-order valence-corrected chi connectivity index (χ1v) is 8.41. The van der Waals surface area contributed by atoms with Crippen molar-refractivity contribution >= 4 is 11.7 Å². The van der Waals surface area contributed by atoms with E-state index in [0.29, 0.717) is 13.1 Å². The molecule has 3 rings (SSSR count). The van der Waals surface area contributed by atoms with Crippen LogP contribution in [0.15, 0.2) is 78.9 Å². The van der Waals surface area contributed by atoms with Crippen molar-refractivity contribution in [1.82, 2.24) is 0 Å². The summed E-state index contributed by atoms with van der Waals surface area (Å²) in [5.74, 6) is -0.108. The third kappa shape index (κ3) is 4.22. The monoisotopic (exact) mass is 347 g/mol. The molecule has 0 fully saturated rings. The van der Waals surface area contributed by atoms with Gasteiger partial charge in [-0.1, -0.05) is 54.6 Å². The van der Waals surface area contributed by atoms with E-state index in [1.54, 1.807) is 25.3 Å². The fourth-order valence-corrected chi connectivity index (χ4v) is 2.92. The molecule has 0 aliphatic heterocycles. The summed E-state index contributed by atoms with van der Waals surface area (Å²) in [7, 11) is 1.66. The summed E-state index contributed by atoms with van der Waals surface area (Å²) in [6.07, 6.45) is 0. The highest BCUT2D eigenvalue weighted by molar-refractivity contribution is 5.88. The van der Waals surface area contributed by atoms with E-state index in [2.05, 4.69) is 17.0 Å². The van der Waals surface area contributed by atoms with Crippen molar-refractivity contribution in [2.45, 2.75) is 13.1 Å². The normalized spacial score (nSPS) is 10.3. The molecule has 0 aliphatic carbocycles. The maximum Gasteiger partial charge on any atom is 0.335 e. The average molecular weight is 347 g/mol. The minimum absolute atomic E-state index is 0.278. The van der Waals surface area contributed by atoms with Gasteiger partial charge in [-0.3, -0.25) is 0 Å². The number of carboxylic acids is 1. The molecule has 0 aliphatic rings. The Bertz CT molecular complexity index is 877. The molecule has 4 nitrogen and oxygen atoms in total. The van der Waals surface area contributed by atoms with Crippen LogP contribution in [0, 0.1) is 0 Å². The SMILES string of the molecule is COc1ccccc1CN(Cc1ccccc1)c1cccc(C(=O)O)c1. The van der Waals surface area contributed by atoms with Crippen molar-refractivity contribution in [1.29, 1.82) is 0 Å². The van der Waals surface area contributed by atoms with Crippen molar-refractivity contribution in [2.75, 3.05) is 12.0 Å². The molecule has 0 heterocycles. The van der Waals surface area contributed by atoms with Crippen LogP contribution in [-0.4, -0.2) is 18.2 Å². The Kier molecular flexibility index (Phi) is 5.54. The molecule has 26 heavy (non-hydrogen) atoms. The van der Waals surface area contributed by atoms with Gasteiger partial charge < -0.3 is 14.7 Å². The maximum absolute atomic E-state index is 11.4. The lowest BCUT2D eigenvalue weighted by Crippen LogP contribution is -2.22. The van der Waals surface area contributed by atoms with Crippen LogP contribution >= 0.6 is 0 Å². The van der Waals surface area contributed by atoms with E-state index in [0.717, 1.165) is 22.6 Å². The Labute approximate surface area is 153 Å². The molecular weight excluding hydrogens is 326 g/mol. The Morgan fingerprint density at radius 1 is 0.923 bits per heavy atom. The van der Waals surface area contributed by atoms with Crippen molar-refractivity contribution < 1.29 is 14.6 Å². The number of methoxy groups -OCH3 is 1. The summed E-state index contributed by atoms with van der Waals surface area (Å²) in [6.45, 7) is 1.28. The first-order chi connectivity index (χ1) is 12.7. The van der Waals surface area contributed by atoms with Crippen LogP contribution in [0.25, 0.3) is 0 Å². The van der Waals surface area contributed by atoms with E-state index < -0.39 is 5.97 Å². The van der Waals surface area contributed by atoms with Gasteiger partial charge in [-0.2, -0.15) is 0 Å². The smallest absolute Gasteiger partial charge is 0.335 e. The molecule has 132 valence electrons. The van der Waals surface area contributed by atoms with Gasteiger partial charge >= 0.3 is 5.97 Å². The number of ether oxygens (including phenoxy) is 1. The van der Waals surface area contributed by atoms with Crippen LogP contribution in [0.2, 0.25) is 0 Å². The molecule has 0 amide bonds. The van der Waals surface area contributed by atoms with E-state index in [-0.39, 0.29) is 5.56 Å². The summed E-state index contributed by atoms with van der Waals surface area (Å²) in [5, 5.41) is 9.31. The second-order valence-electron chi connectivity index (χ2n) is 6.01. The van der Waals surface area contributed by atoms with Gasteiger partial charge in [0.1, 0.15) is 5.75 Å². The Hall–Kier alpha value is -3.27. The Balaban J connectivity index is 1.96. The molecule has 0 saturated heterocycles. The van der Waals surface area contributed by atoms with Gasteiger partial charge in [-0.05, 0) is 29.8 Å². The lowest BCUT2D eigenvalue weighted by molar-refractivity contribution is 0.0697. The van der Waals surface area contributed by atoms with Gasteiger partial charge in [-0.25, -0.2) is 4.79 Å². The van der Waals surface area contributed by atoms with Gasteiger partial charge in [0.05, 0.1) is 12.7 Å². The highest BCUT2D eigenvalue weighted by atomic mass is 16.5. The van der Waals surface area contributed by atoms with Crippen LogP contribution in [0.3, 0.4) is 0 Å². The molecule has 3 aromatic rings. The molecule has 0 aromatic heterocycles. The second kappa shape index (κ2) is 8.21. The zero-order valence-electron chi connectivity index (χ0n) is 14.6. The van der Waals surface area contributed by atoms with Crippen molar-refractivity contribution in [3.63, 3.8) is 0 Å². The number of benzene rings is 3. The predicted molar refractivity (Wildman–Crippen MR) is 103 cm³/mol. The fourth-order valence-electron chi connectivity index (χ4n) is 2.92. The quantitative estimate of drug-likeness (QED) is 0.678. The third-order valence-electron chi connectivity index (χ3n) is 4.23. The number of para-hydroxylation sites is 1. The molecule has 0 unspecified atom stereocenters. The largest absolute Gasteiger partial charge is 0.496 e. The highest BCUT2D eigenvalue weighted by Gasteiger charge is 2.13. The summed E-state index contributed by atoms with van der Waals surface area (Å²) in [5.41, 5.74) is 3.34. The number of aromatic carboxylic acids is 1. The number of carbonyl (C=O) groups is 1. The fraction of sp³-hybridized carbons (Fsp3) is 0.136. The molecule has 0 atom stereocenters. The lowest BCUT2D eigenvalue weighted by Gasteiger charge is -2.26. The summed E-state index contributed by atoms with van der Waals surface area (Å²) in [6, 6.07) is 25.0. The van der Waals surface area contributed by atoms with Crippen molar-refractivity contribution in [3.8, 4) is 5.75 Å². The van der Waals surface area contributed by atoms with Crippen LogP contribution in [-0.2, 0) is 13.1 Å². The molecule has 4 heteroatoms. The molecular formula is C22H21NO3. The maximum atomic E-state index is 11.4. The van der Waals surface area contributed by atoms with Crippen molar-refractivity contribution in [2.24, 2.45) is 0 Å². The van der Waals surface area contributed by atoms with E-state index in [9.17, 15) is 9.90 Å². The minimum Gasteiger partial charge on any atom is -0.496 e. The summed E-state index contributed by atoms with van der Waals surface area (Å²) < 4.78 is 5.47. The van der Waals surface area contributed by atoms with Gasteiger partial charge in [0, 0.05) is 24.3 Å². The third-order valence-corrected chi connectivity index (χ3v) is 4.23. The van der Waals surface area contributed by atoms with Crippen molar-refractivity contribution in [3.05, 3.63) is 95.6 Å². The first kappa shape index (κ1) is 17.5. The molecule has 3 aromatic carbocycles. The minimum atomic E-state index is -0.927. The number of hydrogen-bond acceptors (Lipinski definition) is 3. The van der Waals surface area contributed by atoms with Crippen LogP contribution in [0.1, 0.15) is 21.5 Å². The molecule has 0 bridgehead atoms. The zero-order valence-corrected chi connectivity index (χ0v) is 14.6. The molecule has 0 saturated carbocycles. The van der Waals surface area contributed by atoms with Crippen LogP contribution < -0.4 is 9.64 Å². The number of anilines is 1. The van der Waals surface area contributed by atoms with Gasteiger partial charge in [-0.15, -0.1) is 0 Å². The van der Waals surface area contributed by atoms with Crippen LogP contribution in [0.4, 0.5) is 5.69 Å². The van der Waals surface area contributed by atoms with E-state index in [1.807, 2.05) is 48.5 Å². The molecule has 0 spiro atoms. The van der Waals surface area contributed by atoms with E-state index in [4.69, 9.17) is 4.74 Å². The van der Waals surface area contributed by atoms with E-state index in [1.165, 1.54) is 0 Å². The summed E-state index contributed by atoms with van der Waals surface area (Å²) >= 11 is 0. The van der Waals surface area contributed by atoms with Gasteiger partial charge in [0.25, 0.3) is 0 Å². The Morgan fingerprint density at radius 3 is 2.38 bits per heavy atom.